The maximum absolute atomic E-state index is 3.41. The first kappa shape index (κ1) is 13.6. The summed E-state index contributed by atoms with van der Waals surface area (Å²) in [6, 6.07) is 9.51. The molecule has 0 saturated heterocycles. The van der Waals surface area contributed by atoms with E-state index in [1.165, 1.54) is 36.1 Å². The van der Waals surface area contributed by atoms with Crippen molar-refractivity contribution in [3.05, 3.63) is 35.4 Å². The Balaban J connectivity index is 2.71. The van der Waals surface area contributed by atoms with Gasteiger partial charge in [0.1, 0.15) is 0 Å². The van der Waals surface area contributed by atoms with E-state index in [-0.39, 0.29) is 0 Å². The Kier molecular flexibility index (Phi) is 6.58. The van der Waals surface area contributed by atoms with E-state index in [9.17, 15) is 0 Å². The Labute approximate surface area is 104 Å². The summed E-state index contributed by atoms with van der Waals surface area (Å²) < 4.78 is 0. The van der Waals surface area contributed by atoms with Crippen molar-refractivity contribution in [2.45, 2.75) is 32.2 Å². The topological polar surface area (TPSA) is 12.0 Å². The summed E-state index contributed by atoms with van der Waals surface area (Å²) in [6.45, 7) is 2.23. The number of rotatable bonds is 7. The van der Waals surface area contributed by atoms with Crippen LogP contribution in [0.4, 0.5) is 0 Å². The molecule has 1 aromatic rings. The lowest BCUT2D eigenvalue weighted by molar-refractivity contribution is 0.580. The Morgan fingerprint density at radius 2 is 2.19 bits per heavy atom. The summed E-state index contributed by atoms with van der Waals surface area (Å²) >= 11 is 1.91. The summed E-state index contributed by atoms with van der Waals surface area (Å²) in [7, 11) is 2.05. The lowest BCUT2D eigenvalue weighted by Gasteiger charge is -2.17. The Morgan fingerprint density at radius 1 is 1.38 bits per heavy atom. The molecule has 2 heteroatoms. The maximum Gasteiger partial charge on any atom is 0.0325 e. The molecular formula is C14H23NS. The molecule has 1 atom stereocenters. The van der Waals surface area contributed by atoms with Gasteiger partial charge in [-0.25, -0.2) is 0 Å². The second-order valence-electron chi connectivity index (χ2n) is 4.12. The van der Waals surface area contributed by atoms with Crippen molar-refractivity contribution in [1.29, 1.82) is 0 Å². The minimum absolute atomic E-state index is 0.504. The molecule has 16 heavy (non-hydrogen) atoms. The Hall–Kier alpha value is -0.470. The fourth-order valence-electron chi connectivity index (χ4n) is 1.97. The molecular weight excluding hydrogens is 214 g/mol. The van der Waals surface area contributed by atoms with Gasteiger partial charge in [0.25, 0.3) is 0 Å². The van der Waals surface area contributed by atoms with Crippen molar-refractivity contribution in [2.75, 3.05) is 19.1 Å². The number of aryl methyl sites for hydroxylation is 1. The van der Waals surface area contributed by atoms with E-state index < -0.39 is 0 Å². The van der Waals surface area contributed by atoms with E-state index >= 15 is 0 Å². The summed E-state index contributed by atoms with van der Waals surface area (Å²) in [6.07, 6.45) is 5.78. The first-order valence-corrected chi connectivity index (χ1v) is 7.46. The fourth-order valence-corrected chi connectivity index (χ4v) is 2.44. The van der Waals surface area contributed by atoms with Crippen LogP contribution in [0, 0.1) is 0 Å². The van der Waals surface area contributed by atoms with Gasteiger partial charge in [-0.15, -0.1) is 0 Å². The Morgan fingerprint density at radius 3 is 2.81 bits per heavy atom. The van der Waals surface area contributed by atoms with Gasteiger partial charge < -0.3 is 5.32 Å². The molecule has 0 spiro atoms. The van der Waals surface area contributed by atoms with E-state index in [0.29, 0.717) is 6.04 Å². The third kappa shape index (κ3) is 4.18. The molecule has 0 radical (unpaired) electrons. The second-order valence-corrected chi connectivity index (χ2v) is 5.10. The van der Waals surface area contributed by atoms with Crippen molar-refractivity contribution < 1.29 is 0 Å². The van der Waals surface area contributed by atoms with Crippen molar-refractivity contribution in [1.82, 2.24) is 5.32 Å². The average molecular weight is 237 g/mol. The number of hydrogen-bond donors (Lipinski definition) is 1. The van der Waals surface area contributed by atoms with Crippen LogP contribution in [0.3, 0.4) is 0 Å². The largest absolute Gasteiger partial charge is 0.313 e. The normalized spacial score (nSPS) is 12.7. The first-order chi connectivity index (χ1) is 7.81. The van der Waals surface area contributed by atoms with Gasteiger partial charge in [0.05, 0.1) is 0 Å². The Bertz CT molecular complexity index is 299. The summed E-state index contributed by atoms with van der Waals surface area (Å²) in [5.41, 5.74) is 2.90. The van der Waals surface area contributed by atoms with Crippen LogP contribution in [0.25, 0.3) is 0 Å². The minimum atomic E-state index is 0.504. The van der Waals surface area contributed by atoms with Crippen LogP contribution in [0.1, 0.15) is 36.9 Å². The number of benzene rings is 1. The molecule has 0 aliphatic carbocycles. The van der Waals surface area contributed by atoms with Crippen molar-refractivity contribution in [3.8, 4) is 0 Å². The van der Waals surface area contributed by atoms with E-state index in [1.807, 2.05) is 11.8 Å². The van der Waals surface area contributed by atoms with Crippen LogP contribution in [0.5, 0.6) is 0 Å². The van der Waals surface area contributed by atoms with Gasteiger partial charge in [-0.1, -0.05) is 37.6 Å². The molecule has 0 saturated carbocycles. The molecule has 1 N–H and O–H groups in total. The molecule has 0 fully saturated rings. The molecule has 1 unspecified atom stereocenters. The smallest absolute Gasteiger partial charge is 0.0325 e. The number of thioether (sulfide) groups is 1. The van der Waals surface area contributed by atoms with Crippen LogP contribution < -0.4 is 5.32 Å². The standard InChI is InChI=1S/C14H23NS/c1-4-6-12-7-5-8-13(11-12)14(15-2)9-10-16-3/h5,7-8,11,14-15H,4,6,9-10H2,1-3H3. The lowest BCUT2D eigenvalue weighted by Crippen LogP contribution is -2.17. The molecule has 0 aliphatic heterocycles. The lowest BCUT2D eigenvalue weighted by atomic mass is 10.0. The SMILES string of the molecule is CCCc1cccc(C(CCSC)NC)c1. The zero-order chi connectivity index (χ0) is 11.8. The highest BCUT2D eigenvalue weighted by molar-refractivity contribution is 7.98. The highest BCUT2D eigenvalue weighted by atomic mass is 32.2. The molecule has 0 heterocycles. The second kappa shape index (κ2) is 7.75. The zero-order valence-electron chi connectivity index (χ0n) is 10.6. The molecule has 0 aliphatic rings. The van der Waals surface area contributed by atoms with Gasteiger partial charge in [-0.3, -0.25) is 0 Å². The third-order valence-electron chi connectivity index (χ3n) is 2.85. The molecule has 1 rings (SSSR count). The summed E-state index contributed by atoms with van der Waals surface area (Å²) in [5, 5.41) is 3.41. The van der Waals surface area contributed by atoms with Gasteiger partial charge in [-0.2, -0.15) is 11.8 Å². The van der Waals surface area contributed by atoms with Gasteiger partial charge in [0.2, 0.25) is 0 Å². The molecule has 1 aromatic carbocycles. The van der Waals surface area contributed by atoms with Crippen molar-refractivity contribution in [2.24, 2.45) is 0 Å². The summed E-state index contributed by atoms with van der Waals surface area (Å²) in [4.78, 5) is 0. The van der Waals surface area contributed by atoms with Gasteiger partial charge in [-0.05, 0) is 43.0 Å². The van der Waals surface area contributed by atoms with Crippen LogP contribution in [0.15, 0.2) is 24.3 Å². The highest BCUT2D eigenvalue weighted by Gasteiger charge is 2.08. The zero-order valence-corrected chi connectivity index (χ0v) is 11.4. The van der Waals surface area contributed by atoms with E-state index in [1.54, 1.807) is 0 Å². The highest BCUT2D eigenvalue weighted by Crippen LogP contribution is 2.19. The molecule has 1 nitrogen and oxygen atoms in total. The quantitative estimate of drug-likeness (QED) is 0.777. The maximum atomic E-state index is 3.41. The third-order valence-corrected chi connectivity index (χ3v) is 3.50. The predicted molar refractivity (Wildman–Crippen MR) is 75.2 cm³/mol. The van der Waals surface area contributed by atoms with Gasteiger partial charge in [0.15, 0.2) is 0 Å². The molecule has 0 aromatic heterocycles. The van der Waals surface area contributed by atoms with E-state index in [2.05, 4.69) is 49.8 Å². The van der Waals surface area contributed by atoms with E-state index in [0.717, 1.165) is 0 Å². The first-order valence-electron chi connectivity index (χ1n) is 6.06. The van der Waals surface area contributed by atoms with Crippen molar-refractivity contribution in [3.63, 3.8) is 0 Å². The molecule has 0 amide bonds. The van der Waals surface area contributed by atoms with E-state index in [4.69, 9.17) is 0 Å². The average Bonchev–Trinajstić information content (AvgIpc) is 2.31. The van der Waals surface area contributed by atoms with Crippen molar-refractivity contribution >= 4 is 11.8 Å². The number of hydrogen-bond acceptors (Lipinski definition) is 2. The van der Waals surface area contributed by atoms with Crippen LogP contribution in [-0.4, -0.2) is 19.1 Å². The van der Waals surface area contributed by atoms with Crippen LogP contribution >= 0.6 is 11.8 Å². The van der Waals surface area contributed by atoms with Gasteiger partial charge in [0, 0.05) is 6.04 Å². The predicted octanol–water partition coefficient (Wildman–Crippen LogP) is 3.65. The minimum Gasteiger partial charge on any atom is -0.313 e. The fraction of sp³-hybridized carbons (Fsp3) is 0.571. The van der Waals surface area contributed by atoms with Gasteiger partial charge >= 0.3 is 0 Å². The van der Waals surface area contributed by atoms with Crippen LogP contribution in [0.2, 0.25) is 0 Å². The molecule has 0 bridgehead atoms. The monoisotopic (exact) mass is 237 g/mol. The number of nitrogens with one attached hydrogen (secondary N) is 1. The van der Waals surface area contributed by atoms with Crippen LogP contribution in [-0.2, 0) is 6.42 Å². The molecule has 90 valence electrons. The summed E-state index contributed by atoms with van der Waals surface area (Å²) in [5.74, 6) is 1.21.